The molecule has 0 bridgehead atoms. The van der Waals surface area contributed by atoms with Crippen LogP contribution in [0.2, 0.25) is 0 Å². The van der Waals surface area contributed by atoms with Gasteiger partial charge in [-0.15, -0.1) is 0 Å². The normalized spacial score (nSPS) is 11.6. The van der Waals surface area contributed by atoms with Crippen molar-refractivity contribution in [3.05, 3.63) is 113 Å². The summed E-state index contributed by atoms with van der Waals surface area (Å²) in [6.45, 7) is 2.39. The van der Waals surface area contributed by atoms with Gasteiger partial charge in [-0.05, 0) is 53.4 Å². The molecule has 0 spiro atoms. The van der Waals surface area contributed by atoms with Gasteiger partial charge in [0.05, 0.1) is 36.5 Å². The predicted molar refractivity (Wildman–Crippen MR) is 131 cm³/mol. The van der Waals surface area contributed by atoms with Gasteiger partial charge >= 0.3 is 0 Å². The van der Waals surface area contributed by atoms with Crippen LogP contribution in [0.15, 0.2) is 79.3 Å². The third-order valence-electron chi connectivity index (χ3n) is 5.88. The Morgan fingerprint density at radius 3 is 2.53 bits per heavy atom. The molecule has 4 rings (SSSR count). The first kappa shape index (κ1) is 23.0. The fourth-order valence-corrected chi connectivity index (χ4v) is 3.97. The molecule has 0 radical (unpaired) electrons. The Morgan fingerprint density at radius 1 is 1.12 bits per heavy atom. The lowest BCUT2D eigenvalue weighted by molar-refractivity contribution is 0.0622. The Morgan fingerprint density at radius 2 is 1.88 bits per heavy atom. The smallest absolute Gasteiger partial charge is 0.251 e. The first-order chi connectivity index (χ1) is 16.5. The molecule has 0 aliphatic carbocycles. The highest BCUT2D eigenvalue weighted by molar-refractivity contribution is 5.93. The highest BCUT2D eigenvalue weighted by atomic mass is 16.5. The van der Waals surface area contributed by atoms with E-state index < -0.39 is 0 Å². The van der Waals surface area contributed by atoms with Crippen molar-refractivity contribution in [1.29, 1.82) is 5.26 Å². The second kappa shape index (κ2) is 10.2. The zero-order valence-electron chi connectivity index (χ0n) is 19.4. The standard InChI is InChI=1S/C28H26N4O2/c1-19-6-4-5-7-24(19)25-14-22(12-13-23(25)15-29)27(26-16-31-18-32(26)3)34-17-20-8-10-21(11-9-20)28(33)30-2/h4-14,16,18,27H,17H2,1-3H3,(H,30,33)/t27-/m1/s1. The molecule has 0 unspecified atom stereocenters. The van der Waals surface area contributed by atoms with E-state index in [1.54, 1.807) is 31.7 Å². The van der Waals surface area contributed by atoms with Crippen LogP contribution in [0.25, 0.3) is 11.1 Å². The average Bonchev–Trinajstić information content (AvgIpc) is 3.29. The number of ether oxygens (including phenoxy) is 1. The summed E-state index contributed by atoms with van der Waals surface area (Å²) in [4.78, 5) is 16.1. The fourth-order valence-electron chi connectivity index (χ4n) is 3.97. The summed E-state index contributed by atoms with van der Waals surface area (Å²) >= 11 is 0. The molecule has 0 aliphatic heterocycles. The van der Waals surface area contributed by atoms with Gasteiger partial charge < -0.3 is 14.6 Å². The minimum absolute atomic E-state index is 0.124. The zero-order chi connectivity index (χ0) is 24.1. The number of hydrogen-bond acceptors (Lipinski definition) is 4. The maximum Gasteiger partial charge on any atom is 0.251 e. The number of amides is 1. The van der Waals surface area contributed by atoms with Crippen LogP contribution in [0.3, 0.4) is 0 Å². The van der Waals surface area contributed by atoms with Gasteiger partial charge in [0, 0.05) is 25.2 Å². The largest absolute Gasteiger partial charge is 0.363 e. The monoisotopic (exact) mass is 450 g/mol. The van der Waals surface area contributed by atoms with E-state index >= 15 is 0 Å². The molecular weight excluding hydrogens is 424 g/mol. The summed E-state index contributed by atoms with van der Waals surface area (Å²) in [6, 6.07) is 23.5. The Balaban J connectivity index is 1.69. The van der Waals surface area contributed by atoms with E-state index in [4.69, 9.17) is 4.74 Å². The molecule has 1 atom stereocenters. The molecule has 0 aliphatic rings. The fraction of sp³-hybridized carbons (Fsp3) is 0.179. The lowest BCUT2D eigenvalue weighted by Crippen LogP contribution is -2.17. The highest BCUT2D eigenvalue weighted by Crippen LogP contribution is 2.33. The molecule has 0 fully saturated rings. The topological polar surface area (TPSA) is 79.9 Å². The molecule has 6 nitrogen and oxygen atoms in total. The Labute approximate surface area is 199 Å². The summed E-state index contributed by atoms with van der Waals surface area (Å²) in [5.74, 6) is -0.124. The second-order valence-electron chi connectivity index (χ2n) is 8.13. The van der Waals surface area contributed by atoms with Gasteiger partial charge in [0.25, 0.3) is 5.91 Å². The minimum Gasteiger partial charge on any atom is -0.363 e. The Hall–Kier alpha value is -4.21. The molecule has 6 heteroatoms. The number of nitrogens with one attached hydrogen (secondary N) is 1. The maximum atomic E-state index is 11.8. The number of imidazole rings is 1. The van der Waals surface area contributed by atoms with E-state index in [0.29, 0.717) is 17.7 Å². The number of rotatable bonds is 7. The second-order valence-corrected chi connectivity index (χ2v) is 8.13. The van der Waals surface area contributed by atoms with E-state index in [-0.39, 0.29) is 12.0 Å². The lowest BCUT2D eigenvalue weighted by atomic mass is 9.93. The summed E-state index contributed by atoms with van der Waals surface area (Å²) in [6.07, 6.45) is 3.16. The molecule has 34 heavy (non-hydrogen) atoms. The van der Waals surface area contributed by atoms with Crippen molar-refractivity contribution >= 4 is 5.91 Å². The van der Waals surface area contributed by atoms with Crippen LogP contribution in [0, 0.1) is 18.3 Å². The number of nitriles is 1. The number of nitrogens with zero attached hydrogens (tertiary/aromatic N) is 3. The van der Waals surface area contributed by atoms with Gasteiger partial charge in [0.2, 0.25) is 0 Å². The first-order valence-electron chi connectivity index (χ1n) is 11.0. The highest BCUT2D eigenvalue weighted by Gasteiger charge is 2.21. The van der Waals surface area contributed by atoms with Crippen molar-refractivity contribution in [2.45, 2.75) is 19.6 Å². The van der Waals surface area contributed by atoms with Crippen LogP contribution in [-0.4, -0.2) is 22.5 Å². The summed E-state index contributed by atoms with van der Waals surface area (Å²) in [7, 11) is 3.55. The van der Waals surface area contributed by atoms with E-state index in [1.165, 1.54) is 0 Å². The van der Waals surface area contributed by atoms with Gasteiger partial charge in [-0.3, -0.25) is 4.79 Å². The summed E-state index contributed by atoms with van der Waals surface area (Å²) < 4.78 is 8.35. The third-order valence-corrected chi connectivity index (χ3v) is 5.88. The molecule has 0 saturated heterocycles. The molecular formula is C28H26N4O2. The summed E-state index contributed by atoms with van der Waals surface area (Å²) in [5, 5.41) is 12.4. The predicted octanol–water partition coefficient (Wildman–Crippen LogP) is 4.93. The van der Waals surface area contributed by atoms with Crippen molar-refractivity contribution in [3.63, 3.8) is 0 Å². The van der Waals surface area contributed by atoms with Gasteiger partial charge in [-0.2, -0.15) is 5.26 Å². The van der Waals surface area contributed by atoms with Crippen LogP contribution < -0.4 is 5.32 Å². The molecule has 1 heterocycles. The molecule has 1 amide bonds. The number of carbonyl (C=O) groups is 1. The van der Waals surface area contributed by atoms with Crippen molar-refractivity contribution < 1.29 is 9.53 Å². The molecule has 1 aromatic heterocycles. The number of carbonyl (C=O) groups excluding carboxylic acids is 1. The minimum atomic E-state index is -0.387. The molecule has 170 valence electrons. The number of aromatic nitrogens is 2. The average molecular weight is 451 g/mol. The first-order valence-corrected chi connectivity index (χ1v) is 11.0. The zero-order valence-corrected chi connectivity index (χ0v) is 19.4. The van der Waals surface area contributed by atoms with Gasteiger partial charge in [0.15, 0.2) is 0 Å². The van der Waals surface area contributed by atoms with Crippen LogP contribution in [0.1, 0.15) is 44.4 Å². The number of hydrogen-bond donors (Lipinski definition) is 1. The Kier molecular flexibility index (Phi) is 6.86. The van der Waals surface area contributed by atoms with E-state index in [2.05, 4.69) is 16.4 Å². The van der Waals surface area contributed by atoms with Gasteiger partial charge in [-0.25, -0.2) is 4.98 Å². The van der Waals surface area contributed by atoms with Crippen molar-refractivity contribution in [1.82, 2.24) is 14.9 Å². The number of aryl methyl sites for hydroxylation is 2. The van der Waals surface area contributed by atoms with E-state index in [9.17, 15) is 10.1 Å². The number of benzene rings is 3. The van der Waals surface area contributed by atoms with Crippen molar-refractivity contribution in [2.24, 2.45) is 7.05 Å². The van der Waals surface area contributed by atoms with Gasteiger partial charge in [0.1, 0.15) is 6.10 Å². The van der Waals surface area contributed by atoms with Crippen LogP contribution in [0.5, 0.6) is 0 Å². The van der Waals surface area contributed by atoms with Crippen LogP contribution in [0.4, 0.5) is 0 Å². The molecule has 1 N–H and O–H groups in total. The lowest BCUT2D eigenvalue weighted by Gasteiger charge is -2.21. The molecule has 0 saturated carbocycles. The van der Waals surface area contributed by atoms with Crippen LogP contribution in [-0.2, 0) is 18.4 Å². The maximum absolute atomic E-state index is 11.8. The third kappa shape index (κ3) is 4.75. The van der Waals surface area contributed by atoms with E-state index in [0.717, 1.165) is 33.5 Å². The van der Waals surface area contributed by atoms with E-state index in [1.807, 2.05) is 73.1 Å². The molecule has 3 aromatic carbocycles. The molecule has 4 aromatic rings. The van der Waals surface area contributed by atoms with Crippen LogP contribution >= 0.6 is 0 Å². The van der Waals surface area contributed by atoms with Crippen molar-refractivity contribution in [3.8, 4) is 17.2 Å². The van der Waals surface area contributed by atoms with Crippen molar-refractivity contribution in [2.75, 3.05) is 7.05 Å². The van der Waals surface area contributed by atoms with Gasteiger partial charge in [-0.1, -0.05) is 42.5 Å². The SMILES string of the molecule is CNC(=O)c1ccc(CO[C@H](c2ccc(C#N)c(-c3ccccc3C)c2)c2cncn2C)cc1. The Bertz CT molecular complexity index is 1350. The quantitative estimate of drug-likeness (QED) is 0.433. The summed E-state index contributed by atoms with van der Waals surface area (Å²) in [5.41, 5.74) is 7.01.